The SMILES string of the molecule is CNC(C)(C)c1c(Cl)cccc1[N+](=O)[O-]. The molecule has 1 aromatic rings. The molecule has 5 heteroatoms. The first-order valence-electron chi connectivity index (χ1n) is 4.52. The fraction of sp³-hybridized carbons (Fsp3) is 0.400. The number of hydrogen-bond acceptors (Lipinski definition) is 3. The number of nitro benzene ring substituents is 1. The van der Waals surface area contributed by atoms with E-state index < -0.39 is 10.5 Å². The van der Waals surface area contributed by atoms with Gasteiger partial charge in [0.25, 0.3) is 5.69 Å². The molecule has 0 amide bonds. The predicted octanol–water partition coefficient (Wildman–Crippen LogP) is 2.70. The Balaban J connectivity index is 3.44. The number of nitro groups is 1. The molecule has 0 spiro atoms. The van der Waals surface area contributed by atoms with Crippen molar-refractivity contribution in [3.05, 3.63) is 38.9 Å². The summed E-state index contributed by atoms with van der Waals surface area (Å²) in [6.45, 7) is 3.70. The van der Waals surface area contributed by atoms with Gasteiger partial charge >= 0.3 is 0 Å². The van der Waals surface area contributed by atoms with Crippen molar-refractivity contribution in [2.45, 2.75) is 19.4 Å². The van der Waals surface area contributed by atoms with Gasteiger partial charge in [-0.1, -0.05) is 17.7 Å². The van der Waals surface area contributed by atoms with Gasteiger partial charge in [-0.05, 0) is 27.0 Å². The highest BCUT2D eigenvalue weighted by atomic mass is 35.5. The summed E-state index contributed by atoms with van der Waals surface area (Å²) in [6.07, 6.45) is 0. The maximum absolute atomic E-state index is 10.9. The minimum Gasteiger partial charge on any atom is -0.311 e. The number of halogens is 1. The zero-order valence-electron chi connectivity index (χ0n) is 8.87. The van der Waals surface area contributed by atoms with E-state index in [1.54, 1.807) is 19.2 Å². The Bertz CT molecular complexity index is 391. The van der Waals surface area contributed by atoms with Gasteiger partial charge in [0.15, 0.2) is 0 Å². The van der Waals surface area contributed by atoms with Gasteiger partial charge in [-0.2, -0.15) is 0 Å². The Labute approximate surface area is 93.4 Å². The first-order valence-corrected chi connectivity index (χ1v) is 4.90. The fourth-order valence-corrected chi connectivity index (χ4v) is 1.81. The summed E-state index contributed by atoms with van der Waals surface area (Å²) >= 11 is 5.99. The molecule has 0 saturated heterocycles. The monoisotopic (exact) mass is 228 g/mol. The summed E-state index contributed by atoms with van der Waals surface area (Å²) in [7, 11) is 1.74. The average molecular weight is 229 g/mol. The van der Waals surface area contributed by atoms with Crippen LogP contribution in [0, 0.1) is 10.1 Å². The molecular formula is C10H13ClN2O2. The molecule has 4 nitrogen and oxygen atoms in total. The van der Waals surface area contributed by atoms with Crippen LogP contribution in [0.3, 0.4) is 0 Å². The maximum Gasteiger partial charge on any atom is 0.275 e. The minimum atomic E-state index is -0.527. The second-order valence-electron chi connectivity index (χ2n) is 3.77. The smallest absolute Gasteiger partial charge is 0.275 e. The van der Waals surface area contributed by atoms with Gasteiger partial charge in [-0.15, -0.1) is 0 Å². The molecule has 0 aromatic heterocycles. The van der Waals surface area contributed by atoms with E-state index in [-0.39, 0.29) is 5.69 Å². The molecule has 0 unspecified atom stereocenters. The van der Waals surface area contributed by atoms with E-state index in [9.17, 15) is 10.1 Å². The van der Waals surface area contributed by atoms with Gasteiger partial charge in [-0.25, -0.2) is 0 Å². The van der Waals surface area contributed by atoms with Gasteiger partial charge in [0.1, 0.15) is 0 Å². The van der Waals surface area contributed by atoms with Crippen LogP contribution in [-0.4, -0.2) is 12.0 Å². The number of benzene rings is 1. The van der Waals surface area contributed by atoms with E-state index in [1.807, 2.05) is 13.8 Å². The molecule has 0 heterocycles. The molecule has 0 aliphatic carbocycles. The Morgan fingerprint density at radius 3 is 2.53 bits per heavy atom. The standard InChI is InChI=1S/C10H13ClN2O2/c1-10(2,12-3)9-7(11)5-4-6-8(9)13(14)15/h4-6,12H,1-3H3. The maximum atomic E-state index is 10.9. The molecule has 0 radical (unpaired) electrons. The second-order valence-corrected chi connectivity index (χ2v) is 4.17. The molecular weight excluding hydrogens is 216 g/mol. The van der Waals surface area contributed by atoms with Crippen molar-refractivity contribution >= 4 is 17.3 Å². The second kappa shape index (κ2) is 4.16. The third-order valence-corrected chi connectivity index (χ3v) is 2.75. The topological polar surface area (TPSA) is 55.2 Å². The van der Waals surface area contributed by atoms with Gasteiger partial charge in [0.2, 0.25) is 0 Å². The quantitative estimate of drug-likeness (QED) is 0.639. The van der Waals surface area contributed by atoms with Gasteiger partial charge < -0.3 is 5.32 Å². The van der Waals surface area contributed by atoms with Gasteiger partial charge in [-0.3, -0.25) is 10.1 Å². The Morgan fingerprint density at radius 2 is 2.07 bits per heavy atom. The summed E-state index contributed by atoms with van der Waals surface area (Å²) in [5.74, 6) is 0. The summed E-state index contributed by atoms with van der Waals surface area (Å²) in [5, 5.41) is 14.3. The van der Waals surface area contributed by atoms with Crippen LogP contribution >= 0.6 is 11.6 Å². The van der Waals surface area contributed by atoms with Crippen molar-refractivity contribution in [2.75, 3.05) is 7.05 Å². The van der Waals surface area contributed by atoms with Crippen LogP contribution in [0.25, 0.3) is 0 Å². The molecule has 1 aromatic carbocycles. The summed E-state index contributed by atoms with van der Waals surface area (Å²) in [5.41, 5.74) is 0.0295. The first kappa shape index (κ1) is 11.9. The largest absolute Gasteiger partial charge is 0.311 e. The van der Waals surface area contributed by atoms with Crippen LogP contribution in [0.4, 0.5) is 5.69 Å². The van der Waals surface area contributed by atoms with E-state index in [4.69, 9.17) is 11.6 Å². The molecule has 1 rings (SSSR count). The Kier molecular flexibility index (Phi) is 3.31. The number of nitrogens with one attached hydrogen (secondary N) is 1. The lowest BCUT2D eigenvalue weighted by atomic mass is 9.93. The Hall–Kier alpha value is -1.13. The van der Waals surface area contributed by atoms with Crippen LogP contribution in [0.1, 0.15) is 19.4 Å². The lowest BCUT2D eigenvalue weighted by molar-refractivity contribution is -0.386. The van der Waals surface area contributed by atoms with Crippen LogP contribution in [-0.2, 0) is 5.54 Å². The van der Waals surface area contributed by atoms with E-state index >= 15 is 0 Å². The minimum absolute atomic E-state index is 0.0434. The van der Waals surface area contributed by atoms with Crippen molar-refractivity contribution in [1.82, 2.24) is 5.32 Å². The van der Waals surface area contributed by atoms with Crippen molar-refractivity contribution in [3.63, 3.8) is 0 Å². The molecule has 0 atom stereocenters. The number of hydrogen-bond donors (Lipinski definition) is 1. The van der Waals surface area contributed by atoms with Crippen LogP contribution < -0.4 is 5.32 Å². The third kappa shape index (κ3) is 2.27. The number of rotatable bonds is 3. The zero-order valence-corrected chi connectivity index (χ0v) is 9.63. The highest BCUT2D eigenvalue weighted by Gasteiger charge is 2.29. The van der Waals surface area contributed by atoms with Crippen LogP contribution in [0.15, 0.2) is 18.2 Å². The van der Waals surface area contributed by atoms with Crippen molar-refractivity contribution in [3.8, 4) is 0 Å². The van der Waals surface area contributed by atoms with E-state index in [0.717, 1.165) is 0 Å². The molecule has 15 heavy (non-hydrogen) atoms. The summed E-state index contributed by atoms with van der Waals surface area (Å²) in [6, 6.07) is 4.69. The predicted molar refractivity (Wildman–Crippen MR) is 60.2 cm³/mol. The van der Waals surface area contributed by atoms with Crippen LogP contribution in [0.5, 0.6) is 0 Å². The normalized spacial score (nSPS) is 11.5. The highest BCUT2D eigenvalue weighted by Crippen LogP contribution is 2.34. The third-order valence-electron chi connectivity index (χ3n) is 2.44. The van der Waals surface area contributed by atoms with Crippen molar-refractivity contribution < 1.29 is 4.92 Å². The van der Waals surface area contributed by atoms with Gasteiger partial charge in [0, 0.05) is 11.6 Å². The lowest BCUT2D eigenvalue weighted by Crippen LogP contribution is -2.34. The molecule has 0 aliphatic rings. The fourth-order valence-electron chi connectivity index (χ4n) is 1.41. The van der Waals surface area contributed by atoms with E-state index in [1.165, 1.54) is 6.07 Å². The van der Waals surface area contributed by atoms with E-state index in [0.29, 0.717) is 10.6 Å². The Morgan fingerprint density at radius 1 is 1.47 bits per heavy atom. The van der Waals surface area contributed by atoms with E-state index in [2.05, 4.69) is 5.32 Å². The lowest BCUT2D eigenvalue weighted by Gasteiger charge is -2.25. The van der Waals surface area contributed by atoms with Crippen LogP contribution in [0.2, 0.25) is 5.02 Å². The molecule has 1 N–H and O–H groups in total. The highest BCUT2D eigenvalue weighted by molar-refractivity contribution is 6.31. The van der Waals surface area contributed by atoms with Crippen molar-refractivity contribution in [1.29, 1.82) is 0 Å². The summed E-state index contributed by atoms with van der Waals surface area (Å²) in [4.78, 5) is 10.4. The van der Waals surface area contributed by atoms with Gasteiger partial charge in [0.05, 0.1) is 15.5 Å². The average Bonchev–Trinajstić information content (AvgIpc) is 2.17. The molecule has 0 aliphatic heterocycles. The zero-order chi connectivity index (χ0) is 11.6. The molecule has 82 valence electrons. The first-order chi connectivity index (χ1) is 6.90. The molecule has 0 fully saturated rings. The molecule has 0 saturated carbocycles. The number of nitrogens with zero attached hydrogens (tertiary/aromatic N) is 1. The molecule has 0 bridgehead atoms. The summed E-state index contributed by atoms with van der Waals surface area (Å²) < 4.78 is 0. The van der Waals surface area contributed by atoms with Crippen molar-refractivity contribution in [2.24, 2.45) is 0 Å².